The third kappa shape index (κ3) is 1.97. The summed E-state index contributed by atoms with van der Waals surface area (Å²) in [4.78, 5) is 11.8. The van der Waals surface area contributed by atoms with Gasteiger partial charge in [0.25, 0.3) is 0 Å². The normalized spacial score (nSPS) is 17.4. The van der Waals surface area contributed by atoms with Gasteiger partial charge >= 0.3 is 5.97 Å². The summed E-state index contributed by atoms with van der Waals surface area (Å²) < 4.78 is 40.3. The van der Waals surface area contributed by atoms with Crippen LogP contribution >= 0.6 is 11.7 Å². The molecule has 0 fully saturated rings. The molecule has 1 unspecified atom stereocenters. The number of aromatic nitrogens is 2. The maximum absolute atomic E-state index is 13.5. The Balaban J connectivity index is 1.95. The fourth-order valence-electron chi connectivity index (χ4n) is 2.73. The number of carbonyl (C=O) groups is 1. The first-order chi connectivity index (χ1) is 10.6. The van der Waals surface area contributed by atoms with Gasteiger partial charge in [-0.05, 0) is 29.8 Å². The fraction of sp³-hybridized carbons (Fsp3) is 0.133. The quantitative estimate of drug-likeness (QED) is 0.510. The minimum absolute atomic E-state index is 0.0503. The van der Waals surface area contributed by atoms with E-state index in [9.17, 15) is 13.6 Å². The van der Waals surface area contributed by atoms with Crippen LogP contribution in [0, 0.1) is 11.6 Å². The average molecular weight is 318 g/mol. The van der Waals surface area contributed by atoms with Crippen molar-refractivity contribution in [1.82, 2.24) is 8.75 Å². The second-order valence-electron chi connectivity index (χ2n) is 5.01. The van der Waals surface area contributed by atoms with E-state index in [1.165, 1.54) is 6.07 Å². The molecule has 0 amide bonds. The third-order valence-corrected chi connectivity index (χ3v) is 4.26. The van der Waals surface area contributed by atoms with E-state index in [0.717, 1.165) is 23.9 Å². The second kappa shape index (κ2) is 4.81. The second-order valence-corrected chi connectivity index (χ2v) is 5.54. The summed E-state index contributed by atoms with van der Waals surface area (Å²) in [5.41, 5.74) is 2.52. The van der Waals surface area contributed by atoms with Crippen molar-refractivity contribution in [3.63, 3.8) is 0 Å². The summed E-state index contributed by atoms with van der Waals surface area (Å²) in [5.74, 6) is -2.31. The molecule has 1 aliphatic rings. The smallest absolute Gasteiger partial charge is 0.312 e. The Labute approximate surface area is 127 Å². The predicted molar refractivity (Wildman–Crippen MR) is 75.9 cm³/mol. The fourth-order valence-corrected chi connectivity index (χ4v) is 3.27. The van der Waals surface area contributed by atoms with Gasteiger partial charge < -0.3 is 4.74 Å². The number of carbonyl (C=O) groups excluding carboxylic acids is 1. The van der Waals surface area contributed by atoms with Crippen LogP contribution in [0.15, 0.2) is 30.3 Å². The number of hydrogen-bond donors (Lipinski definition) is 0. The Hall–Kier alpha value is -2.41. The van der Waals surface area contributed by atoms with E-state index < -0.39 is 23.5 Å². The first kappa shape index (κ1) is 13.3. The minimum atomic E-state index is -0.943. The molecule has 0 N–H and O–H groups in total. The van der Waals surface area contributed by atoms with Crippen molar-refractivity contribution < 1.29 is 18.3 Å². The Morgan fingerprint density at radius 3 is 2.82 bits per heavy atom. The molecule has 22 heavy (non-hydrogen) atoms. The number of esters is 1. The number of nitrogens with zero attached hydrogens (tertiary/aromatic N) is 2. The highest BCUT2D eigenvalue weighted by molar-refractivity contribution is 7.00. The Kier molecular flexibility index (Phi) is 2.90. The molecule has 4 rings (SSSR count). The monoisotopic (exact) mass is 318 g/mol. The van der Waals surface area contributed by atoms with E-state index in [-0.39, 0.29) is 6.42 Å². The number of fused-ring (bicyclic) bond motifs is 3. The van der Waals surface area contributed by atoms with Gasteiger partial charge in [0.2, 0.25) is 0 Å². The average Bonchev–Trinajstić information content (AvgIpc) is 2.97. The molecule has 0 saturated heterocycles. The van der Waals surface area contributed by atoms with Gasteiger partial charge in [0.1, 0.15) is 16.8 Å². The van der Waals surface area contributed by atoms with Crippen LogP contribution in [0.4, 0.5) is 8.78 Å². The van der Waals surface area contributed by atoms with Crippen molar-refractivity contribution in [2.75, 3.05) is 0 Å². The summed E-state index contributed by atoms with van der Waals surface area (Å²) in [5, 5.41) is 0. The van der Waals surface area contributed by atoms with Crippen LogP contribution in [0.25, 0.3) is 11.0 Å². The van der Waals surface area contributed by atoms with Gasteiger partial charge in [-0.2, -0.15) is 8.75 Å². The number of hydrogen-bond acceptors (Lipinski definition) is 5. The third-order valence-electron chi connectivity index (χ3n) is 3.72. The molecule has 7 heteroatoms. The summed E-state index contributed by atoms with van der Waals surface area (Å²) in [6, 6.07) is 7.02. The van der Waals surface area contributed by atoms with E-state index >= 15 is 0 Å². The number of ether oxygens (including phenoxy) is 1. The number of rotatable bonds is 1. The van der Waals surface area contributed by atoms with Gasteiger partial charge in [-0.15, -0.1) is 0 Å². The summed E-state index contributed by atoms with van der Waals surface area (Å²) in [7, 11) is 0. The Morgan fingerprint density at radius 2 is 2.00 bits per heavy atom. The minimum Gasteiger partial charge on any atom is -0.426 e. The lowest BCUT2D eigenvalue weighted by Gasteiger charge is -2.25. The van der Waals surface area contributed by atoms with Crippen molar-refractivity contribution in [1.29, 1.82) is 0 Å². The zero-order chi connectivity index (χ0) is 15.3. The molecule has 2 heterocycles. The van der Waals surface area contributed by atoms with Crippen LogP contribution in [0.5, 0.6) is 5.75 Å². The van der Waals surface area contributed by atoms with Crippen molar-refractivity contribution in [2.45, 2.75) is 12.3 Å². The molecule has 0 aliphatic carbocycles. The van der Waals surface area contributed by atoms with Crippen molar-refractivity contribution in [2.24, 2.45) is 0 Å². The lowest BCUT2D eigenvalue weighted by molar-refractivity contribution is -0.135. The molecule has 0 spiro atoms. The maximum atomic E-state index is 13.5. The van der Waals surface area contributed by atoms with Crippen LogP contribution in [0.2, 0.25) is 0 Å². The van der Waals surface area contributed by atoms with Gasteiger partial charge in [-0.1, -0.05) is 6.07 Å². The highest BCUT2D eigenvalue weighted by Gasteiger charge is 2.31. The molecule has 0 bridgehead atoms. The lowest BCUT2D eigenvalue weighted by atomic mass is 9.85. The van der Waals surface area contributed by atoms with E-state index in [2.05, 4.69) is 8.75 Å². The van der Waals surface area contributed by atoms with E-state index in [4.69, 9.17) is 4.74 Å². The topological polar surface area (TPSA) is 52.1 Å². The van der Waals surface area contributed by atoms with Crippen molar-refractivity contribution in [3.8, 4) is 5.75 Å². The molecule has 2 aromatic carbocycles. The molecule has 0 radical (unpaired) electrons. The molecule has 1 aromatic heterocycles. The standard InChI is InChI=1S/C15H8F2N2O2S/c16-9-2-1-7(5-10(9)17)8-6-13(20)21-12-4-3-11-15(14(8)12)19-22-18-11/h1-5,8H,6H2. The van der Waals surface area contributed by atoms with Crippen LogP contribution in [-0.4, -0.2) is 14.7 Å². The van der Waals surface area contributed by atoms with E-state index in [1.54, 1.807) is 12.1 Å². The highest BCUT2D eigenvalue weighted by Crippen LogP contribution is 2.42. The molecular weight excluding hydrogens is 310 g/mol. The number of benzene rings is 2. The molecule has 110 valence electrons. The first-order valence-corrected chi connectivity index (χ1v) is 7.27. The summed E-state index contributed by atoms with van der Waals surface area (Å²) in [6.45, 7) is 0. The molecule has 4 nitrogen and oxygen atoms in total. The SMILES string of the molecule is O=C1CC(c2ccc(F)c(F)c2)c2c(ccc3nsnc23)O1. The number of halogens is 2. The largest absolute Gasteiger partial charge is 0.426 e. The zero-order valence-electron chi connectivity index (χ0n) is 11.0. The van der Waals surface area contributed by atoms with Gasteiger partial charge in [-0.3, -0.25) is 4.79 Å². The molecule has 1 aliphatic heterocycles. The molecule has 3 aromatic rings. The van der Waals surface area contributed by atoms with Gasteiger partial charge in [0.15, 0.2) is 11.6 Å². The zero-order valence-corrected chi connectivity index (χ0v) is 11.9. The molecular formula is C15H8F2N2O2S. The molecule has 1 atom stereocenters. The van der Waals surface area contributed by atoms with Gasteiger partial charge in [0, 0.05) is 11.5 Å². The highest BCUT2D eigenvalue weighted by atomic mass is 32.1. The summed E-state index contributed by atoms with van der Waals surface area (Å²) >= 11 is 1.05. The van der Waals surface area contributed by atoms with Crippen molar-refractivity contribution in [3.05, 3.63) is 53.1 Å². The van der Waals surface area contributed by atoms with Gasteiger partial charge in [0.05, 0.1) is 18.1 Å². The van der Waals surface area contributed by atoms with E-state index in [0.29, 0.717) is 27.9 Å². The summed E-state index contributed by atoms with van der Waals surface area (Å²) in [6.07, 6.45) is 0.0503. The van der Waals surface area contributed by atoms with Crippen LogP contribution in [-0.2, 0) is 4.79 Å². The lowest BCUT2D eigenvalue weighted by Crippen LogP contribution is -2.21. The Bertz CT molecular complexity index is 910. The van der Waals surface area contributed by atoms with Crippen LogP contribution < -0.4 is 4.74 Å². The van der Waals surface area contributed by atoms with Crippen molar-refractivity contribution >= 4 is 28.7 Å². The Morgan fingerprint density at radius 1 is 1.14 bits per heavy atom. The molecule has 0 saturated carbocycles. The van der Waals surface area contributed by atoms with Crippen LogP contribution in [0.1, 0.15) is 23.5 Å². The predicted octanol–water partition coefficient (Wildman–Crippen LogP) is 3.41. The van der Waals surface area contributed by atoms with Crippen LogP contribution in [0.3, 0.4) is 0 Å². The van der Waals surface area contributed by atoms with Gasteiger partial charge in [-0.25, -0.2) is 8.78 Å². The maximum Gasteiger partial charge on any atom is 0.312 e. The van der Waals surface area contributed by atoms with E-state index in [1.807, 2.05) is 0 Å². The first-order valence-electron chi connectivity index (χ1n) is 6.54.